The van der Waals surface area contributed by atoms with Crippen molar-refractivity contribution in [2.45, 2.75) is 58.8 Å². The molecule has 1 amide bonds. The smallest absolute Gasteiger partial charge is 0.227 e. The summed E-state index contributed by atoms with van der Waals surface area (Å²) in [7, 11) is 0. The SMILES string of the molecule is CCN1CCC(CC(=O)N2CCC[C@@H](c3ccc(Nc4nc(C)cc(C)n4)cn3)C2)CC1. The van der Waals surface area contributed by atoms with E-state index in [-0.39, 0.29) is 0 Å². The summed E-state index contributed by atoms with van der Waals surface area (Å²) in [6.07, 6.45) is 6.98. The van der Waals surface area contributed by atoms with E-state index in [1.807, 2.05) is 32.2 Å². The largest absolute Gasteiger partial charge is 0.342 e. The lowest BCUT2D eigenvalue weighted by Crippen LogP contribution is -2.41. The lowest BCUT2D eigenvalue weighted by atomic mass is 9.91. The molecule has 1 atom stereocenters. The first kappa shape index (κ1) is 22.6. The summed E-state index contributed by atoms with van der Waals surface area (Å²) in [5, 5.41) is 3.24. The van der Waals surface area contributed by atoms with Crippen LogP contribution in [-0.4, -0.2) is 63.4 Å². The standard InChI is InChI=1S/C25H36N6O/c1-4-30-12-9-20(10-13-30)15-24(32)31-11-5-6-21(17-31)23-8-7-22(16-26-23)29-25-27-18(2)14-19(3)28-25/h7-8,14,16,20-21H,4-6,9-13,15,17H2,1-3H3,(H,27,28,29)/t21-/m1/s1. The van der Waals surface area contributed by atoms with Crippen molar-refractivity contribution in [3.05, 3.63) is 41.5 Å². The number of hydrogen-bond acceptors (Lipinski definition) is 6. The zero-order valence-corrected chi connectivity index (χ0v) is 19.7. The summed E-state index contributed by atoms with van der Waals surface area (Å²) in [6, 6.07) is 6.06. The van der Waals surface area contributed by atoms with Crippen molar-refractivity contribution in [1.82, 2.24) is 24.8 Å². The Kier molecular flexibility index (Phi) is 7.35. The van der Waals surface area contributed by atoms with Gasteiger partial charge < -0.3 is 15.1 Å². The van der Waals surface area contributed by atoms with Crippen LogP contribution in [0, 0.1) is 19.8 Å². The van der Waals surface area contributed by atoms with Gasteiger partial charge >= 0.3 is 0 Å². The van der Waals surface area contributed by atoms with Crippen LogP contribution < -0.4 is 5.32 Å². The number of amides is 1. The van der Waals surface area contributed by atoms with Gasteiger partial charge in [0.25, 0.3) is 0 Å². The van der Waals surface area contributed by atoms with Crippen molar-refractivity contribution in [2.75, 3.05) is 38.0 Å². The quantitative estimate of drug-likeness (QED) is 0.736. The Bertz CT molecular complexity index is 887. The van der Waals surface area contributed by atoms with Crippen molar-refractivity contribution >= 4 is 17.5 Å². The van der Waals surface area contributed by atoms with Crippen molar-refractivity contribution < 1.29 is 4.79 Å². The molecule has 0 bridgehead atoms. The molecule has 2 aromatic heterocycles. The number of piperidine rings is 2. The average Bonchev–Trinajstić information content (AvgIpc) is 2.79. The minimum Gasteiger partial charge on any atom is -0.342 e. The summed E-state index contributed by atoms with van der Waals surface area (Å²) < 4.78 is 0. The molecular weight excluding hydrogens is 400 g/mol. The molecule has 172 valence electrons. The molecule has 1 N–H and O–H groups in total. The Balaban J connectivity index is 1.32. The van der Waals surface area contributed by atoms with Crippen LogP contribution in [0.1, 0.15) is 62.0 Å². The van der Waals surface area contributed by atoms with Crippen LogP contribution >= 0.6 is 0 Å². The summed E-state index contributed by atoms with van der Waals surface area (Å²) in [6.45, 7) is 11.2. The normalized spacial score (nSPS) is 20.3. The number of aromatic nitrogens is 3. The highest BCUT2D eigenvalue weighted by Crippen LogP contribution is 2.28. The molecule has 4 heterocycles. The molecule has 2 aliphatic heterocycles. The summed E-state index contributed by atoms with van der Waals surface area (Å²) >= 11 is 0. The fourth-order valence-electron chi connectivity index (χ4n) is 4.96. The molecule has 7 heteroatoms. The Morgan fingerprint density at radius 2 is 1.84 bits per heavy atom. The van der Waals surface area contributed by atoms with E-state index in [0.717, 1.165) is 81.2 Å². The maximum Gasteiger partial charge on any atom is 0.227 e. The first-order valence-electron chi connectivity index (χ1n) is 12.1. The predicted molar refractivity (Wildman–Crippen MR) is 127 cm³/mol. The van der Waals surface area contributed by atoms with Gasteiger partial charge in [-0.25, -0.2) is 9.97 Å². The Morgan fingerprint density at radius 1 is 1.09 bits per heavy atom. The Morgan fingerprint density at radius 3 is 2.50 bits per heavy atom. The zero-order valence-electron chi connectivity index (χ0n) is 19.7. The van der Waals surface area contributed by atoms with Gasteiger partial charge in [-0.2, -0.15) is 0 Å². The second kappa shape index (κ2) is 10.4. The third-order valence-electron chi connectivity index (χ3n) is 6.83. The molecule has 0 saturated carbocycles. The van der Waals surface area contributed by atoms with Crippen LogP contribution in [-0.2, 0) is 4.79 Å². The highest BCUT2D eigenvalue weighted by atomic mass is 16.2. The van der Waals surface area contributed by atoms with Crippen molar-refractivity contribution in [3.63, 3.8) is 0 Å². The van der Waals surface area contributed by atoms with Crippen molar-refractivity contribution in [2.24, 2.45) is 5.92 Å². The Hall–Kier alpha value is -2.54. The second-order valence-corrected chi connectivity index (χ2v) is 9.33. The molecule has 0 spiro atoms. The Labute approximate surface area is 191 Å². The first-order chi connectivity index (χ1) is 15.5. The van der Waals surface area contributed by atoms with Crippen LogP contribution in [0.3, 0.4) is 0 Å². The van der Waals surface area contributed by atoms with Crippen LogP contribution in [0.4, 0.5) is 11.6 Å². The molecule has 0 unspecified atom stereocenters. The minimum atomic E-state index is 0.307. The van der Waals surface area contributed by atoms with E-state index in [2.05, 4.69) is 38.1 Å². The number of rotatable bonds is 6. The van der Waals surface area contributed by atoms with Gasteiger partial charge in [0, 0.05) is 42.5 Å². The number of anilines is 2. The van der Waals surface area contributed by atoms with Gasteiger partial charge in [-0.15, -0.1) is 0 Å². The number of carbonyl (C=O) groups is 1. The number of nitrogens with zero attached hydrogens (tertiary/aromatic N) is 5. The molecule has 0 radical (unpaired) electrons. The van der Waals surface area contributed by atoms with E-state index >= 15 is 0 Å². The minimum absolute atomic E-state index is 0.307. The highest BCUT2D eigenvalue weighted by molar-refractivity contribution is 5.76. The number of nitrogens with one attached hydrogen (secondary N) is 1. The monoisotopic (exact) mass is 436 g/mol. The summed E-state index contributed by atoms with van der Waals surface area (Å²) in [5.74, 6) is 1.77. The molecule has 2 fully saturated rings. The molecule has 2 aromatic rings. The van der Waals surface area contributed by atoms with Gasteiger partial charge in [0.1, 0.15) is 0 Å². The molecule has 2 saturated heterocycles. The number of likely N-dealkylation sites (tertiary alicyclic amines) is 2. The van der Waals surface area contributed by atoms with E-state index in [0.29, 0.717) is 30.1 Å². The lowest BCUT2D eigenvalue weighted by molar-refractivity contribution is -0.133. The molecule has 0 aromatic carbocycles. The van der Waals surface area contributed by atoms with E-state index in [4.69, 9.17) is 4.98 Å². The lowest BCUT2D eigenvalue weighted by Gasteiger charge is -2.35. The zero-order chi connectivity index (χ0) is 22.5. The van der Waals surface area contributed by atoms with Gasteiger partial charge in [-0.3, -0.25) is 9.78 Å². The second-order valence-electron chi connectivity index (χ2n) is 9.33. The number of pyridine rings is 1. The molecule has 2 aliphatic rings. The third-order valence-corrected chi connectivity index (χ3v) is 6.83. The highest BCUT2D eigenvalue weighted by Gasteiger charge is 2.28. The van der Waals surface area contributed by atoms with Gasteiger partial charge in [0.05, 0.1) is 11.9 Å². The number of hydrogen-bond donors (Lipinski definition) is 1. The fraction of sp³-hybridized carbons (Fsp3) is 0.600. The van der Waals surface area contributed by atoms with Crippen LogP contribution in [0.15, 0.2) is 24.4 Å². The molecular formula is C25H36N6O. The maximum absolute atomic E-state index is 13.0. The van der Waals surface area contributed by atoms with Crippen molar-refractivity contribution in [1.29, 1.82) is 0 Å². The van der Waals surface area contributed by atoms with Gasteiger partial charge in [0.2, 0.25) is 11.9 Å². The number of carbonyl (C=O) groups excluding carboxylic acids is 1. The van der Waals surface area contributed by atoms with Crippen LogP contribution in [0.5, 0.6) is 0 Å². The molecule has 4 rings (SSSR count). The van der Waals surface area contributed by atoms with Gasteiger partial charge in [-0.1, -0.05) is 6.92 Å². The summed E-state index contributed by atoms with van der Waals surface area (Å²) in [5.41, 5.74) is 3.81. The van der Waals surface area contributed by atoms with Gasteiger partial charge in [0.15, 0.2) is 0 Å². The van der Waals surface area contributed by atoms with Crippen LogP contribution in [0.25, 0.3) is 0 Å². The van der Waals surface area contributed by atoms with Crippen LogP contribution in [0.2, 0.25) is 0 Å². The molecule has 32 heavy (non-hydrogen) atoms. The maximum atomic E-state index is 13.0. The third kappa shape index (κ3) is 5.82. The molecule has 7 nitrogen and oxygen atoms in total. The summed E-state index contributed by atoms with van der Waals surface area (Å²) in [4.78, 5) is 31.1. The molecule has 0 aliphatic carbocycles. The first-order valence-corrected chi connectivity index (χ1v) is 12.1. The van der Waals surface area contributed by atoms with E-state index in [1.54, 1.807) is 0 Å². The number of aryl methyl sites for hydroxylation is 2. The average molecular weight is 437 g/mol. The van der Waals surface area contributed by atoms with Crippen molar-refractivity contribution in [3.8, 4) is 0 Å². The predicted octanol–water partition coefficient (Wildman–Crippen LogP) is 4.06. The van der Waals surface area contributed by atoms with E-state index < -0.39 is 0 Å². The van der Waals surface area contributed by atoms with E-state index in [1.165, 1.54) is 0 Å². The van der Waals surface area contributed by atoms with Gasteiger partial charge in [-0.05, 0) is 83.3 Å². The topological polar surface area (TPSA) is 74.2 Å². The fourth-order valence-corrected chi connectivity index (χ4v) is 4.96. The van der Waals surface area contributed by atoms with E-state index in [9.17, 15) is 4.79 Å².